The highest BCUT2D eigenvalue weighted by Crippen LogP contribution is 2.45. The zero-order valence-electron chi connectivity index (χ0n) is 22.9. The second kappa shape index (κ2) is 13.9. The number of aliphatic imine (C=N–C) groups is 1. The Morgan fingerprint density at radius 2 is 1.79 bits per heavy atom. The van der Waals surface area contributed by atoms with Crippen LogP contribution in [0.3, 0.4) is 0 Å². The molecule has 222 valence electrons. The van der Waals surface area contributed by atoms with Crippen molar-refractivity contribution in [1.29, 1.82) is 0 Å². The molecule has 0 saturated heterocycles. The summed E-state index contributed by atoms with van der Waals surface area (Å²) < 4.78 is 26.5. The van der Waals surface area contributed by atoms with Crippen molar-refractivity contribution in [3.63, 3.8) is 0 Å². The molecule has 4 aromatic rings. The summed E-state index contributed by atoms with van der Waals surface area (Å²) >= 11 is 16.6. The van der Waals surface area contributed by atoms with E-state index in [9.17, 15) is 9.18 Å². The molecule has 10 heteroatoms. The molecule has 0 unspecified atom stereocenters. The van der Waals surface area contributed by atoms with Crippen LogP contribution in [0.1, 0.15) is 34.8 Å². The van der Waals surface area contributed by atoms with Crippen molar-refractivity contribution >= 4 is 50.9 Å². The van der Waals surface area contributed by atoms with Gasteiger partial charge in [-0.3, -0.25) is 4.79 Å². The lowest BCUT2D eigenvalue weighted by Crippen LogP contribution is -2.49. The molecule has 0 aliphatic carbocycles. The largest absolute Gasteiger partial charge is 0.494 e. The van der Waals surface area contributed by atoms with Gasteiger partial charge in [0.05, 0.1) is 6.61 Å². The predicted molar refractivity (Wildman–Crippen MR) is 169 cm³/mol. The quantitative estimate of drug-likeness (QED) is 0.161. The molecule has 0 radical (unpaired) electrons. The number of carbonyl (C=O) groups excluding carboxylic acids is 1. The third kappa shape index (κ3) is 7.21. The highest BCUT2D eigenvalue weighted by Gasteiger charge is 2.54. The summed E-state index contributed by atoms with van der Waals surface area (Å²) in [4.78, 5) is 19.4. The van der Waals surface area contributed by atoms with Crippen LogP contribution in [0.2, 0.25) is 10.0 Å². The van der Waals surface area contributed by atoms with Crippen molar-refractivity contribution in [2.75, 3.05) is 13.2 Å². The fourth-order valence-corrected chi connectivity index (χ4v) is 5.78. The van der Waals surface area contributed by atoms with E-state index in [0.717, 1.165) is 15.6 Å². The molecule has 0 aromatic heterocycles. The minimum atomic E-state index is -1.48. The van der Waals surface area contributed by atoms with Crippen molar-refractivity contribution < 1.29 is 23.8 Å². The zero-order valence-corrected chi connectivity index (χ0v) is 26.0. The second-order valence-corrected chi connectivity index (χ2v) is 11.7. The topological polar surface area (TPSA) is 80.2 Å². The number of halogens is 4. The van der Waals surface area contributed by atoms with Crippen molar-refractivity contribution in [2.45, 2.75) is 31.0 Å². The molecule has 0 bridgehead atoms. The zero-order chi connectivity index (χ0) is 30.4. The molecule has 0 saturated carbocycles. The maximum absolute atomic E-state index is 14.4. The highest BCUT2D eigenvalue weighted by molar-refractivity contribution is 9.10. The van der Waals surface area contributed by atoms with Crippen LogP contribution in [0, 0.1) is 5.82 Å². The number of nitrogens with one attached hydrogen (secondary N) is 1. The molecule has 1 aliphatic rings. The number of aliphatic hydroxyl groups excluding tert-OH is 1. The molecule has 43 heavy (non-hydrogen) atoms. The van der Waals surface area contributed by atoms with E-state index in [1.165, 1.54) is 12.1 Å². The third-order valence-corrected chi connectivity index (χ3v) is 8.40. The molecule has 2 atom stereocenters. The summed E-state index contributed by atoms with van der Waals surface area (Å²) in [5, 5.41) is 12.8. The molecule has 0 spiro atoms. The first-order chi connectivity index (χ1) is 20.8. The summed E-state index contributed by atoms with van der Waals surface area (Å²) in [6.07, 6.45) is -0.210. The van der Waals surface area contributed by atoms with E-state index >= 15 is 0 Å². The molecule has 0 fully saturated rings. The SMILES string of the molecule is O=C(NCc1ccc(F)cc1)[C@]1(Cc2ccccc2Br)N=C(c2ccc(OCCCO)cc2)O[C@@H]1c1ccc(Cl)cc1Cl. The number of hydrogen-bond acceptors (Lipinski definition) is 5. The highest BCUT2D eigenvalue weighted by atomic mass is 79.9. The van der Waals surface area contributed by atoms with Gasteiger partial charge in [0.25, 0.3) is 5.91 Å². The molecular weight excluding hydrogens is 658 g/mol. The summed E-state index contributed by atoms with van der Waals surface area (Å²) in [6, 6.07) is 25.8. The number of amides is 1. The van der Waals surface area contributed by atoms with Crippen molar-refractivity contribution in [3.8, 4) is 5.75 Å². The van der Waals surface area contributed by atoms with E-state index in [1.54, 1.807) is 54.6 Å². The molecule has 1 aliphatic heterocycles. The van der Waals surface area contributed by atoms with Crippen LogP contribution in [0.4, 0.5) is 4.39 Å². The van der Waals surface area contributed by atoms with Crippen molar-refractivity contribution in [2.24, 2.45) is 4.99 Å². The predicted octanol–water partition coefficient (Wildman–Crippen LogP) is 7.47. The monoisotopic (exact) mass is 684 g/mol. The molecule has 6 nitrogen and oxygen atoms in total. The fourth-order valence-electron chi connectivity index (χ4n) is 4.84. The third-order valence-electron chi connectivity index (χ3n) is 7.06. The molecule has 2 N–H and O–H groups in total. The van der Waals surface area contributed by atoms with Gasteiger partial charge >= 0.3 is 0 Å². The van der Waals surface area contributed by atoms with E-state index < -0.39 is 11.6 Å². The van der Waals surface area contributed by atoms with Gasteiger partial charge in [0.1, 0.15) is 11.6 Å². The number of ether oxygens (including phenoxy) is 2. The first-order valence-electron chi connectivity index (χ1n) is 13.6. The molecule has 1 amide bonds. The summed E-state index contributed by atoms with van der Waals surface area (Å²) in [6.45, 7) is 0.580. The maximum Gasteiger partial charge on any atom is 0.252 e. The summed E-state index contributed by atoms with van der Waals surface area (Å²) in [5.74, 6) is 0.148. The van der Waals surface area contributed by atoms with Gasteiger partial charge < -0.3 is 19.9 Å². The van der Waals surface area contributed by atoms with Crippen molar-refractivity contribution in [1.82, 2.24) is 5.32 Å². The van der Waals surface area contributed by atoms with Crippen molar-refractivity contribution in [3.05, 3.63) is 134 Å². The lowest BCUT2D eigenvalue weighted by atomic mass is 9.82. The number of aliphatic hydroxyl groups is 1. The number of benzene rings is 4. The van der Waals surface area contributed by atoms with E-state index in [1.807, 2.05) is 24.3 Å². The van der Waals surface area contributed by atoms with E-state index in [0.29, 0.717) is 39.9 Å². The number of rotatable bonds is 11. The number of hydrogen-bond donors (Lipinski definition) is 2. The van der Waals surface area contributed by atoms with Crippen LogP contribution in [0.25, 0.3) is 0 Å². The lowest BCUT2D eigenvalue weighted by molar-refractivity contribution is -0.129. The Bertz CT molecular complexity index is 1620. The Balaban J connectivity index is 1.58. The summed E-state index contributed by atoms with van der Waals surface area (Å²) in [7, 11) is 0. The van der Waals surface area contributed by atoms with E-state index in [-0.39, 0.29) is 37.2 Å². The fraction of sp³-hybridized carbons (Fsp3) is 0.212. The smallest absolute Gasteiger partial charge is 0.252 e. The van der Waals surface area contributed by atoms with Crippen LogP contribution >= 0.6 is 39.1 Å². The van der Waals surface area contributed by atoms with E-state index in [2.05, 4.69) is 21.2 Å². The Morgan fingerprint density at radius 3 is 2.49 bits per heavy atom. The average Bonchev–Trinajstić information content (AvgIpc) is 3.38. The molecule has 4 aromatic carbocycles. The van der Waals surface area contributed by atoms with Crippen LogP contribution in [-0.2, 0) is 22.5 Å². The maximum atomic E-state index is 14.4. The molecule has 5 rings (SSSR count). The minimum absolute atomic E-state index is 0.0419. The molecule has 1 heterocycles. The van der Waals surface area contributed by atoms with Gasteiger partial charge in [-0.25, -0.2) is 9.38 Å². The Labute approximate surface area is 267 Å². The standard InChI is InChI=1S/C33H28BrCl2FN2O4/c34-28-5-2-1-4-23(28)19-33(32(41)38-20-21-6-11-25(37)12-7-21)30(27-15-10-24(35)18-29(27)36)43-31(39-33)22-8-13-26(14-9-22)42-17-3-16-40/h1-2,4-15,18,30,40H,3,16-17,19-20H2,(H,38,41)/t30-,33-/m1/s1. The molecular formula is C33H28BrCl2FN2O4. The van der Waals surface area contributed by atoms with Gasteiger partial charge in [-0.05, 0) is 65.7 Å². The van der Waals surface area contributed by atoms with E-state index in [4.69, 9.17) is 42.8 Å². The minimum Gasteiger partial charge on any atom is -0.494 e. The van der Waals surface area contributed by atoms with Crippen LogP contribution in [-0.4, -0.2) is 35.7 Å². The number of nitrogens with zero attached hydrogens (tertiary/aromatic N) is 1. The first-order valence-corrected chi connectivity index (χ1v) is 15.2. The Kier molecular flexibility index (Phi) is 10.0. The van der Waals surface area contributed by atoms with Crippen LogP contribution < -0.4 is 10.1 Å². The normalized spacial score (nSPS) is 17.7. The van der Waals surface area contributed by atoms with Gasteiger partial charge in [0, 0.05) is 51.6 Å². The summed E-state index contributed by atoms with van der Waals surface area (Å²) in [5.41, 5.74) is 1.29. The Morgan fingerprint density at radius 1 is 1.05 bits per heavy atom. The number of carbonyl (C=O) groups is 1. The van der Waals surface area contributed by atoms with Gasteiger partial charge in [0.2, 0.25) is 5.90 Å². The second-order valence-electron chi connectivity index (χ2n) is 10.0. The van der Waals surface area contributed by atoms with Gasteiger partial charge in [-0.1, -0.05) is 75.5 Å². The average molecular weight is 686 g/mol. The Hall–Kier alpha value is -3.43. The van der Waals surface area contributed by atoms with Crippen LogP contribution in [0.5, 0.6) is 5.75 Å². The van der Waals surface area contributed by atoms with Gasteiger partial charge in [-0.2, -0.15) is 0 Å². The first kappa shape index (κ1) is 31.0. The van der Waals surface area contributed by atoms with Gasteiger partial charge in [0.15, 0.2) is 11.6 Å². The lowest BCUT2D eigenvalue weighted by Gasteiger charge is -2.31. The van der Waals surface area contributed by atoms with Gasteiger partial charge in [-0.15, -0.1) is 0 Å². The van der Waals surface area contributed by atoms with Crippen LogP contribution in [0.15, 0.2) is 100 Å².